The van der Waals surface area contributed by atoms with Crippen molar-refractivity contribution in [2.45, 2.75) is 20.3 Å². The molecule has 0 aliphatic heterocycles. The number of ether oxygens (including phenoxy) is 1. The largest absolute Gasteiger partial charge is 0.507 e. The number of aromatic hydroxyl groups is 1. The second kappa shape index (κ2) is 5.76. The van der Waals surface area contributed by atoms with Crippen LogP contribution in [0.4, 0.5) is 0 Å². The number of phenolic OH excluding ortho intramolecular Hbond substituents is 1. The highest BCUT2D eigenvalue weighted by molar-refractivity contribution is 6.10. The van der Waals surface area contributed by atoms with Crippen LogP contribution in [-0.2, 0) is 11.2 Å². The molecule has 1 heterocycles. The summed E-state index contributed by atoms with van der Waals surface area (Å²) >= 11 is 0. The molecule has 118 valence electrons. The van der Waals surface area contributed by atoms with E-state index in [4.69, 9.17) is 9.15 Å². The van der Waals surface area contributed by atoms with E-state index < -0.39 is 11.6 Å². The van der Waals surface area contributed by atoms with Gasteiger partial charge < -0.3 is 14.3 Å². The van der Waals surface area contributed by atoms with Crippen LogP contribution in [0.1, 0.15) is 29.8 Å². The van der Waals surface area contributed by atoms with Gasteiger partial charge in [-0.1, -0.05) is 25.1 Å². The Morgan fingerprint density at radius 1 is 1.22 bits per heavy atom. The first kappa shape index (κ1) is 15.1. The van der Waals surface area contributed by atoms with Gasteiger partial charge in [-0.05, 0) is 25.5 Å². The maximum atomic E-state index is 12.3. The van der Waals surface area contributed by atoms with Gasteiger partial charge in [-0.15, -0.1) is 0 Å². The number of carbonyl (C=O) groups excluding carboxylic acids is 1. The molecular weight excluding hydrogens is 296 g/mol. The summed E-state index contributed by atoms with van der Waals surface area (Å²) in [4.78, 5) is 24.3. The van der Waals surface area contributed by atoms with Crippen molar-refractivity contribution in [2.24, 2.45) is 0 Å². The lowest BCUT2D eigenvalue weighted by molar-refractivity contribution is 0.0523. The first-order valence-corrected chi connectivity index (χ1v) is 7.46. The van der Waals surface area contributed by atoms with Crippen LogP contribution < -0.4 is 5.63 Å². The molecular formula is C18H16O5. The first-order chi connectivity index (χ1) is 11.1. The van der Waals surface area contributed by atoms with Gasteiger partial charge in [-0.3, -0.25) is 0 Å². The van der Waals surface area contributed by atoms with E-state index in [-0.39, 0.29) is 23.3 Å². The van der Waals surface area contributed by atoms with Crippen molar-refractivity contribution < 1.29 is 19.1 Å². The topological polar surface area (TPSA) is 76.7 Å². The summed E-state index contributed by atoms with van der Waals surface area (Å²) in [6.07, 6.45) is 0.461. The van der Waals surface area contributed by atoms with E-state index in [9.17, 15) is 14.7 Å². The van der Waals surface area contributed by atoms with Crippen molar-refractivity contribution in [3.63, 3.8) is 0 Å². The number of benzene rings is 2. The first-order valence-electron chi connectivity index (χ1n) is 7.46. The van der Waals surface area contributed by atoms with Crippen LogP contribution in [0.5, 0.6) is 5.75 Å². The van der Waals surface area contributed by atoms with Crippen LogP contribution in [0, 0.1) is 0 Å². The van der Waals surface area contributed by atoms with E-state index in [1.54, 1.807) is 19.1 Å². The van der Waals surface area contributed by atoms with Gasteiger partial charge in [0, 0.05) is 16.3 Å². The van der Waals surface area contributed by atoms with E-state index in [2.05, 4.69) is 0 Å². The van der Waals surface area contributed by atoms with Gasteiger partial charge in [-0.2, -0.15) is 0 Å². The van der Waals surface area contributed by atoms with Crippen LogP contribution in [-0.4, -0.2) is 17.7 Å². The molecule has 2 aromatic carbocycles. The molecule has 1 N–H and O–H groups in total. The molecule has 23 heavy (non-hydrogen) atoms. The predicted molar refractivity (Wildman–Crippen MR) is 87.0 cm³/mol. The summed E-state index contributed by atoms with van der Waals surface area (Å²) in [7, 11) is 0. The quantitative estimate of drug-likeness (QED) is 0.456. The van der Waals surface area contributed by atoms with Crippen LogP contribution in [0.2, 0.25) is 0 Å². The molecule has 0 aliphatic carbocycles. The highest BCUT2D eigenvalue weighted by atomic mass is 16.5. The van der Waals surface area contributed by atoms with Gasteiger partial charge >= 0.3 is 11.6 Å². The predicted octanol–water partition coefficient (Wildman–Crippen LogP) is 3.39. The molecule has 0 aliphatic rings. The second-order valence-corrected chi connectivity index (χ2v) is 5.13. The third-order valence-corrected chi connectivity index (χ3v) is 3.83. The molecule has 0 amide bonds. The summed E-state index contributed by atoms with van der Waals surface area (Å²) in [6, 6.07) is 8.47. The average Bonchev–Trinajstić information content (AvgIpc) is 2.54. The van der Waals surface area contributed by atoms with Crippen molar-refractivity contribution in [1.29, 1.82) is 0 Å². The number of hydrogen-bond acceptors (Lipinski definition) is 5. The molecule has 0 bridgehead atoms. The Balaban J connectivity index is 2.49. The Bertz CT molecular complexity index is 968. The second-order valence-electron chi connectivity index (χ2n) is 5.13. The highest BCUT2D eigenvalue weighted by Crippen LogP contribution is 2.35. The van der Waals surface area contributed by atoms with Crippen LogP contribution in [0.15, 0.2) is 39.5 Å². The molecule has 0 saturated heterocycles. The average molecular weight is 312 g/mol. The van der Waals surface area contributed by atoms with Crippen LogP contribution >= 0.6 is 0 Å². The number of hydrogen-bond donors (Lipinski definition) is 1. The van der Waals surface area contributed by atoms with Gasteiger partial charge in [0.25, 0.3) is 0 Å². The van der Waals surface area contributed by atoms with Crippen molar-refractivity contribution in [3.05, 3.63) is 51.9 Å². The van der Waals surface area contributed by atoms with E-state index in [1.807, 2.05) is 19.1 Å². The van der Waals surface area contributed by atoms with Gasteiger partial charge in [0.1, 0.15) is 16.9 Å². The molecule has 0 saturated carbocycles. The number of phenols is 1. The van der Waals surface area contributed by atoms with Crippen LogP contribution in [0.25, 0.3) is 21.7 Å². The molecule has 3 aromatic rings. The van der Waals surface area contributed by atoms with Gasteiger partial charge in [-0.25, -0.2) is 9.59 Å². The third-order valence-electron chi connectivity index (χ3n) is 3.83. The zero-order chi connectivity index (χ0) is 16.6. The molecule has 3 rings (SSSR count). The minimum absolute atomic E-state index is 0.0150. The Morgan fingerprint density at radius 2 is 1.96 bits per heavy atom. The van der Waals surface area contributed by atoms with Gasteiger partial charge in [0.2, 0.25) is 0 Å². The molecule has 0 unspecified atom stereocenters. The van der Waals surface area contributed by atoms with Crippen molar-refractivity contribution in [1.82, 2.24) is 0 Å². The third kappa shape index (κ3) is 2.34. The zero-order valence-electron chi connectivity index (χ0n) is 12.9. The van der Waals surface area contributed by atoms with E-state index in [1.165, 1.54) is 6.07 Å². The van der Waals surface area contributed by atoms with Crippen LogP contribution in [0.3, 0.4) is 0 Å². The maximum absolute atomic E-state index is 12.3. The molecule has 0 spiro atoms. The summed E-state index contributed by atoms with van der Waals surface area (Å²) < 4.78 is 10.3. The number of fused-ring (bicyclic) bond motifs is 3. The summed E-state index contributed by atoms with van der Waals surface area (Å²) in [5.74, 6) is -0.802. The standard InChI is InChI=1S/C18H16O5/c1-3-10-15-11-7-5-6-8-14(11)23-18(21)12(15)9-13(16(10)19)17(20)22-4-2/h5-9,19H,3-4H2,1-2H3. The monoisotopic (exact) mass is 312 g/mol. The Hall–Kier alpha value is -2.82. The van der Waals surface area contributed by atoms with E-state index >= 15 is 0 Å². The molecule has 1 aromatic heterocycles. The normalized spacial score (nSPS) is 11.0. The van der Waals surface area contributed by atoms with Gasteiger partial charge in [0.15, 0.2) is 0 Å². The minimum atomic E-state index is -0.658. The number of rotatable bonds is 3. The smallest absolute Gasteiger partial charge is 0.344 e. The summed E-state index contributed by atoms with van der Waals surface area (Å²) in [5.41, 5.74) is 0.426. The Morgan fingerprint density at radius 3 is 2.65 bits per heavy atom. The lowest BCUT2D eigenvalue weighted by Crippen LogP contribution is -2.09. The molecule has 5 nitrogen and oxygen atoms in total. The van der Waals surface area contributed by atoms with Crippen molar-refractivity contribution >= 4 is 27.7 Å². The molecule has 0 radical (unpaired) electrons. The van der Waals surface area contributed by atoms with Gasteiger partial charge in [0.05, 0.1) is 12.0 Å². The number of aryl methyl sites for hydroxylation is 1. The van der Waals surface area contributed by atoms with Crippen molar-refractivity contribution in [3.8, 4) is 5.75 Å². The fraction of sp³-hybridized carbons (Fsp3) is 0.222. The van der Waals surface area contributed by atoms with E-state index in [0.29, 0.717) is 23.0 Å². The summed E-state index contributed by atoms with van der Waals surface area (Å²) in [5, 5.41) is 12.1. The minimum Gasteiger partial charge on any atom is -0.507 e. The molecule has 0 atom stereocenters. The lowest BCUT2D eigenvalue weighted by atomic mass is 9.96. The zero-order valence-corrected chi connectivity index (χ0v) is 12.9. The fourth-order valence-corrected chi connectivity index (χ4v) is 2.82. The maximum Gasteiger partial charge on any atom is 0.344 e. The lowest BCUT2D eigenvalue weighted by Gasteiger charge is -2.13. The fourth-order valence-electron chi connectivity index (χ4n) is 2.82. The van der Waals surface area contributed by atoms with Crippen molar-refractivity contribution in [2.75, 3.05) is 6.61 Å². The number of esters is 1. The van der Waals surface area contributed by atoms with E-state index in [0.717, 1.165) is 5.39 Å². The highest BCUT2D eigenvalue weighted by Gasteiger charge is 2.21. The SMILES string of the molecule is CCOC(=O)c1cc2c(=O)oc3ccccc3c2c(CC)c1O. The summed E-state index contributed by atoms with van der Waals surface area (Å²) in [6.45, 7) is 3.72. The number of carbonyl (C=O) groups is 1. The molecule has 5 heteroatoms. The Kier molecular flexibility index (Phi) is 3.78. The number of para-hydroxylation sites is 1. The Labute approximate surface area is 132 Å². The molecule has 0 fully saturated rings.